The first-order chi connectivity index (χ1) is 21.3. The second-order valence-electron chi connectivity index (χ2n) is 9.85. The molecule has 44 heavy (non-hydrogen) atoms. The molecule has 2 aromatic heterocycles. The molecule has 1 aliphatic carbocycles. The number of halogens is 1. The standard InChI is InChI=1S/C31H32FN5O5S2/c1-4-41-20-15-13-19(14-16-20)37-25(17-33-28(39)21-9-6-7-11-23(21)32)35-36-31(37)43-18(3)27(38)34-29-26(30(40)42-5-2)22-10-8-12-24(22)44-29/h6-7,9,11,13-16,18H,4-5,8,10,12,17H2,1-3H3,(H,33,39)(H,34,38)/t18-/m0/s1. The largest absolute Gasteiger partial charge is 0.494 e. The van der Waals surface area contributed by atoms with Crippen LogP contribution in [0, 0.1) is 5.82 Å². The summed E-state index contributed by atoms with van der Waals surface area (Å²) in [6, 6.07) is 13.0. The normalized spacial score (nSPS) is 12.8. The Balaban J connectivity index is 1.37. The number of hydrogen-bond donors (Lipinski definition) is 2. The molecule has 5 rings (SSSR count). The molecule has 0 radical (unpaired) electrons. The summed E-state index contributed by atoms with van der Waals surface area (Å²) < 4.78 is 26.8. The van der Waals surface area contributed by atoms with Gasteiger partial charge in [-0.05, 0) is 82.0 Å². The van der Waals surface area contributed by atoms with E-state index < -0.39 is 22.9 Å². The van der Waals surface area contributed by atoms with E-state index in [1.807, 2.05) is 19.1 Å². The summed E-state index contributed by atoms with van der Waals surface area (Å²) >= 11 is 2.60. The van der Waals surface area contributed by atoms with Gasteiger partial charge in [-0.1, -0.05) is 23.9 Å². The number of rotatable bonds is 12. The monoisotopic (exact) mass is 637 g/mol. The van der Waals surface area contributed by atoms with E-state index in [-0.39, 0.29) is 24.6 Å². The Bertz CT molecular complexity index is 1670. The van der Waals surface area contributed by atoms with E-state index >= 15 is 0 Å². The zero-order valence-corrected chi connectivity index (χ0v) is 26.1. The minimum Gasteiger partial charge on any atom is -0.494 e. The fraction of sp³-hybridized carbons (Fsp3) is 0.323. The van der Waals surface area contributed by atoms with Gasteiger partial charge in [0.25, 0.3) is 5.91 Å². The Morgan fingerprint density at radius 2 is 1.84 bits per heavy atom. The molecule has 0 aliphatic heterocycles. The van der Waals surface area contributed by atoms with Gasteiger partial charge in [-0.15, -0.1) is 21.5 Å². The zero-order valence-electron chi connectivity index (χ0n) is 24.5. The number of anilines is 1. The number of benzene rings is 2. The van der Waals surface area contributed by atoms with Crippen molar-refractivity contribution in [2.75, 3.05) is 18.5 Å². The topological polar surface area (TPSA) is 124 Å². The van der Waals surface area contributed by atoms with Gasteiger partial charge in [-0.25, -0.2) is 9.18 Å². The molecule has 4 aromatic rings. The minimum atomic E-state index is -0.631. The molecule has 2 heterocycles. The maximum atomic E-state index is 14.2. The molecular weight excluding hydrogens is 606 g/mol. The number of ether oxygens (including phenoxy) is 2. The Morgan fingerprint density at radius 1 is 1.07 bits per heavy atom. The number of nitrogens with zero attached hydrogens (tertiary/aromatic N) is 3. The second kappa shape index (κ2) is 14.0. The van der Waals surface area contributed by atoms with Gasteiger partial charge in [0.05, 0.1) is 36.1 Å². The summed E-state index contributed by atoms with van der Waals surface area (Å²) in [5, 5.41) is 14.5. The van der Waals surface area contributed by atoms with Gasteiger partial charge >= 0.3 is 5.97 Å². The Hall–Kier alpha value is -4.23. The van der Waals surface area contributed by atoms with Crippen molar-refractivity contribution in [2.24, 2.45) is 0 Å². The summed E-state index contributed by atoms with van der Waals surface area (Å²) in [5.74, 6) is -0.896. The lowest BCUT2D eigenvalue weighted by Crippen LogP contribution is -2.26. The van der Waals surface area contributed by atoms with Crippen LogP contribution in [0.2, 0.25) is 0 Å². The number of fused-ring (bicyclic) bond motifs is 1. The molecule has 0 spiro atoms. The van der Waals surface area contributed by atoms with Crippen LogP contribution in [0.3, 0.4) is 0 Å². The van der Waals surface area contributed by atoms with E-state index in [1.165, 1.54) is 41.3 Å². The molecule has 2 aromatic carbocycles. The molecule has 0 saturated carbocycles. The molecule has 0 fully saturated rings. The molecule has 230 valence electrons. The van der Waals surface area contributed by atoms with Crippen LogP contribution in [0.4, 0.5) is 9.39 Å². The predicted octanol–water partition coefficient (Wildman–Crippen LogP) is 5.58. The third kappa shape index (κ3) is 6.78. The molecule has 0 saturated heterocycles. The van der Waals surface area contributed by atoms with Gasteiger partial charge in [-0.3, -0.25) is 14.2 Å². The van der Waals surface area contributed by atoms with E-state index in [9.17, 15) is 18.8 Å². The molecule has 10 nitrogen and oxygen atoms in total. The minimum absolute atomic E-state index is 0.0435. The quantitative estimate of drug-likeness (QED) is 0.152. The number of thiophene rings is 1. The van der Waals surface area contributed by atoms with Crippen molar-refractivity contribution in [3.8, 4) is 11.4 Å². The molecule has 0 unspecified atom stereocenters. The molecular formula is C31H32FN5O5S2. The van der Waals surface area contributed by atoms with Crippen molar-refractivity contribution in [2.45, 2.75) is 57.0 Å². The average molecular weight is 638 g/mol. The highest BCUT2D eigenvalue weighted by Gasteiger charge is 2.30. The first kappa shape index (κ1) is 31.2. The van der Waals surface area contributed by atoms with Crippen LogP contribution in [-0.4, -0.2) is 51.0 Å². The van der Waals surface area contributed by atoms with E-state index in [0.717, 1.165) is 29.7 Å². The zero-order chi connectivity index (χ0) is 31.2. The fourth-order valence-electron chi connectivity index (χ4n) is 4.85. The summed E-state index contributed by atoms with van der Waals surface area (Å²) in [4.78, 5) is 40.0. The SMILES string of the molecule is CCOC(=O)c1c(NC(=O)[C@H](C)Sc2nnc(CNC(=O)c3ccccc3F)n2-c2ccc(OCC)cc2)sc2c1CCC2. The summed E-state index contributed by atoms with van der Waals surface area (Å²) in [7, 11) is 0. The van der Waals surface area contributed by atoms with Gasteiger partial charge in [0, 0.05) is 10.6 Å². The van der Waals surface area contributed by atoms with Crippen LogP contribution in [0.5, 0.6) is 5.75 Å². The highest BCUT2D eigenvalue weighted by atomic mass is 32.2. The maximum absolute atomic E-state index is 14.2. The van der Waals surface area contributed by atoms with Crippen molar-refractivity contribution in [1.82, 2.24) is 20.1 Å². The highest BCUT2D eigenvalue weighted by molar-refractivity contribution is 8.00. The average Bonchev–Trinajstić information content (AvgIpc) is 3.71. The Morgan fingerprint density at radius 3 is 2.57 bits per heavy atom. The number of carbonyl (C=O) groups excluding carboxylic acids is 3. The predicted molar refractivity (Wildman–Crippen MR) is 166 cm³/mol. The van der Waals surface area contributed by atoms with Crippen molar-refractivity contribution < 1.29 is 28.2 Å². The van der Waals surface area contributed by atoms with E-state index in [2.05, 4.69) is 20.8 Å². The lowest BCUT2D eigenvalue weighted by atomic mass is 10.1. The van der Waals surface area contributed by atoms with Crippen LogP contribution in [-0.2, 0) is 28.9 Å². The lowest BCUT2D eigenvalue weighted by Gasteiger charge is -2.15. The van der Waals surface area contributed by atoms with Crippen LogP contribution >= 0.6 is 23.1 Å². The molecule has 13 heteroatoms. The van der Waals surface area contributed by atoms with Crippen molar-refractivity contribution in [1.29, 1.82) is 0 Å². The van der Waals surface area contributed by atoms with E-state index in [1.54, 1.807) is 36.6 Å². The van der Waals surface area contributed by atoms with Crippen molar-refractivity contribution in [3.63, 3.8) is 0 Å². The van der Waals surface area contributed by atoms with Gasteiger partial charge in [0.1, 0.15) is 16.6 Å². The number of nitrogens with one attached hydrogen (secondary N) is 2. The molecule has 2 amide bonds. The van der Waals surface area contributed by atoms with E-state index in [0.29, 0.717) is 39.6 Å². The van der Waals surface area contributed by atoms with Crippen LogP contribution in [0.25, 0.3) is 5.69 Å². The first-order valence-corrected chi connectivity index (χ1v) is 16.0. The Kier molecular flexibility index (Phi) is 9.95. The lowest BCUT2D eigenvalue weighted by molar-refractivity contribution is -0.115. The number of esters is 1. The van der Waals surface area contributed by atoms with Crippen LogP contribution in [0.15, 0.2) is 53.7 Å². The number of aryl methyl sites for hydroxylation is 1. The number of carbonyl (C=O) groups is 3. The van der Waals surface area contributed by atoms with Crippen LogP contribution in [0.1, 0.15) is 64.2 Å². The third-order valence-electron chi connectivity index (χ3n) is 6.92. The summed E-state index contributed by atoms with van der Waals surface area (Å²) in [5.41, 5.74) is 2.01. The number of amides is 2. The van der Waals surface area contributed by atoms with Crippen molar-refractivity contribution >= 4 is 45.9 Å². The molecule has 0 bridgehead atoms. The summed E-state index contributed by atoms with van der Waals surface area (Å²) in [6.45, 7) is 6.10. The Labute approximate surface area is 262 Å². The molecule has 1 atom stereocenters. The number of thioether (sulfide) groups is 1. The third-order valence-corrected chi connectivity index (χ3v) is 9.17. The molecule has 2 N–H and O–H groups in total. The summed E-state index contributed by atoms with van der Waals surface area (Å²) in [6.07, 6.45) is 2.62. The van der Waals surface area contributed by atoms with Crippen molar-refractivity contribution in [3.05, 3.63) is 81.7 Å². The molecule has 1 aliphatic rings. The number of aromatic nitrogens is 3. The highest BCUT2D eigenvalue weighted by Crippen LogP contribution is 2.40. The fourth-order valence-corrected chi connectivity index (χ4v) is 7.01. The van der Waals surface area contributed by atoms with Gasteiger partial charge in [0.15, 0.2) is 11.0 Å². The van der Waals surface area contributed by atoms with Gasteiger partial charge in [0.2, 0.25) is 5.91 Å². The van der Waals surface area contributed by atoms with Gasteiger partial charge < -0.3 is 20.1 Å². The first-order valence-electron chi connectivity index (χ1n) is 14.3. The number of hydrogen-bond acceptors (Lipinski definition) is 9. The maximum Gasteiger partial charge on any atom is 0.341 e. The van der Waals surface area contributed by atoms with Gasteiger partial charge in [-0.2, -0.15) is 0 Å². The second-order valence-corrected chi connectivity index (χ2v) is 12.3. The van der Waals surface area contributed by atoms with Crippen LogP contribution < -0.4 is 15.4 Å². The van der Waals surface area contributed by atoms with E-state index in [4.69, 9.17) is 9.47 Å². The smallest absolute Gasteiger partial charge is 0.341 e.